The van der Waals surface area contributed by atoms with E-state index in [0.29, 0.717) is 26.6 Å². The Labute approximate surface area is 236 Å². The van der Waals surface area contributed by atoms with Gasteiger partial charge in [0.2, 0.25) is 0 Å². The summed E-state index contributed by atoms with van der Waals surface area (Å²) in [6.45, 7) is 6.53. The van der Waals surface area contributed by atoms with Gasteiger partial charge in [0.25, 0.3) is 5.91 Å². The number of rotatable bonds is 8. The predicted octanol–water partition coefficient (Wildman–Crippen LogP) is 6.79. The number of carbonyl (C=O) groups is 1. The molecule has 0 spiro atoms. The van der Waals surface area contributed by atoms with Crippen molar-refractivity contribution in [2.75, 3.05) is 12.9 Å². The summed E-state index contributed by atoms with van der Waals surface area (Å²) >= 11 is 13.3. The van der Waals surface area contributed by atoms with Crippen molar-refractivity contribution in [3.8, 4) is 22.8 Å². The lowest BCUT2D eigenvalue weighted by Crippen LogP contribution is -2.20. The Hall–Kier alpha value is -3.33. The first-order valence-corrected chi connectivity index (χ1v) is 13.5. The number of nitrogens with zero attached hydrogens (tertiary/aromatic N) is 4. The van der Waals surface area contributed by atoms with Gasteiger partial charge in [-0.05, 0) is 47.4 Å². The molecule has 0 bridgehead atoms. The average Bonchev–Trinajstić information content (AvgIpc) is 3.32. The number of halogens is 2. The first-order chi connectivity index (χ1) is 18.2. The van der Waals surface area contributed by atoms with E-state index in [-0.39, 0.29) is 17.1 Å². The van der Waals surface area contributed by atoms with Crippen molar-refractivity contribution >= 4 is 47.1 Å². The molecule has 38 heavy (non-hydrogen) atoms. The fourth-order valence-electron chi connectivity index (χ4n) is 3.58. The number of hydrogen-bond acceptors (Lipinski definition) is 6. The van der Waals surface area contributed by atoms with Crippen LogP contribution in [0, 0.1) is 0 Å². The zero-order chi connectivity index (χ0) is 27.3. The van der Waals surface area contributed by atoms with E-state index in [2.05, 4.69) is 53.6 Å². The van der Waals surface area contributed by atoms with Crippen LogP contribution in [0.4, 0.5) is 0 Å². The molecule has 196 valence electrons. The van der Waals surface area contributed by atoms with E-state index in [1.165, 1.54) is 23.5 Å². The van der Waals surface area contributed by atoms with Crippen LogP contribution in [0.2, 0.25) is 10.0 Å². The van der Waals surface area contributed by atoms with Crippen molar-refractivity contribution in [2.45, 2.75) is 31.3 Å². The Morgan fingerprint density at radius 1 is 1.05 bits per heavy atom. The summed E-state index contributed by atoms with van der Waals surface area (Å²) < 4.78 is 7.24. The molecule has 1 heterocycles. The van der Waals surface area contributed by atoms with Crippen molar-refractivity contribution in [3.05, 3.63) is 87.9 Å². The number of nitrogens with one attached hydrogen (secondary N) is 1. The summed E-state index contributed by atoms with van der Waals surface area (Å²) in [7, 11) is 1.62. The third-order valence-corrected chi connectivity index (χ3v) is 7.15. The van der Waals surface area contributed by atoms with Gasteiger partial charge in [-0.15, -0.1) is 10.2 Å². The van der Waals surface area contributed by atoms with Crippen LogP contribution < -0.4 is 10.2 Å². The number of benzene rings is 3. The predicted molar refractivity (Wildman–Crippen MR) is 155 cm³/mol. The lowest BCUT2D eigenvalue weighted by atomic mass is 9.87. The number of carbonyl (C=O) groups excluding carboxylic acids is 1. The molecule has 0 unspecified atom stereocenters. The van der Waals surface area contributed by atoms with Gasteiger partial charge in [-0.2, -0.15) is 5.10 Å². The molecule has 1 aromatic heterocycles. The molecule has 0 atom stereocenters. The van der Waals surface area contributed by atoms with E-state index in [0.717, 1.165) is 17.0 Å². The second kappa shape index (κ2) is 12.0. The Bertz CT molecular complexity index is 1450. The highest BCUT2D eigenvalue weighted by molar-refractivity contribution is 7.99. The molecule has 7 nitrogen and oxygen atoms in total. The summed E-state index contributed by atoms with van der Waals surface area (Å²) in [5.41, 5.74) is 6.20. The largest absolute Gasteiger partial charge is 0.497 e. The highest BCUT2D eigenvalue weighted by Crippen LogP contribution is 2.31. The molecule has 0 aliphatic rings. The Kier molecular flexibility index (Phi) is 8.76. The summed E-state index contributed by atoms with van der Waals surface area (Å²) in [5, 5.41) is 14.4. The molecule has 0 aliphatic carbocycles. The Balaban J connectivity index is 1.55. The van der Waals surface area contributed by atoms with E-state index >= 15 is 0 Å². The summed E-state index contributed by atoms with van der Waals surface area (Å²) in [6, 6.07) is 20.9. The minimum absolute atomic E-state index is 0.0396. The van der Waals surface area contributed by atoms with E-state index in [1.54, 1.807) is 25.3 Å². The van der Waals surface area contributed by atoms with Crippen molar-refractivity contribution < 1.29 is 9.53 Å². The zero-order valence-corrected chi connectivity index (χ0v) is 23.7. The number of hydrogen-bond donors (Lipinski definition) is 1. The molecule has 3 aromatic carbocycles. The van der Waals surface area contributed by atoms with Crippen molar-refractivity contribution in [3.63, 3.8) is 0 Å². The molecule has 4 aromatic rings. The topological polar surface area (TPSA) is 81.4 Å². The summed E-state index contributed by atoms with van der Waals surface area (Å²) in [4.78, 5) is 12.5. The number of aromatic nitrogens is 3. The van der Waals surface area contributed by atoms with Gasteiger partial charge in [0, 0.05) is 21.8 Å². The second-order valence-corrected chi connectivity index (χ2v) is 11.2. The van der Waals surface area contributed by atoms with Gasteiger partial charge in [0.15, 0.2) is 11.0 Å². The third-order valence-electron chi connectivity index (χ3n) is 5.66. The fraction of sp³-hybridized carbons (Fsp3) is 0.214. The average molecular weight is 569 g/mol. The van der Waals surface area contributed by atoms with Crippen molar-refractivity contribution in [1.82, 2.24) is 20.2 Å². The molecule has 0 radical (unpaired) electrons. The van der Waals surface area contributed by atoms with Crippen LogP contribution in [-0.2, 0) is 10.2 Å². The number of thioether (sulfide) groups is 1. The molecule has 10 heteroatoms. The van der Waals surface area contributed by atoms with E-state index in [1.807, 2.05) is 41.0 Å². The van der Waals surface area contributed by atoms with Gasteiger partial charge >= 0.3 is 0 Å². The van der Waals surface area contributed by atoms with Gasteiger partial charge < -0.3 is 4.74 Å². The monoisotopic (exact) mass is 567 g/mol. The molecular formula is C28H27Cl2N5O2S. The standard InChI is InChI=1S/C28H27Cl2N5O2S/c1-28(2,3)20-8-5-18(6-9-20)26-33-34-27(35(26)22-11-13-23(37-4)14-12-22)38-17-25(36)32-31-16-19-7-10-21(29)15-24(19)30/h5-16H,17H2,1-4H3,(H,32,36)/b31-16-. The first kappa shape index (κ1) is 27.7. The molecule has 1 N–H and O–H groups in total. The van der Waals surface area contributed by atoms with Crippen LogP contribution in [0.3, 0.4) is 0 Å². The lowest BCUT2D eigenvalue weighted by Gasteiger charge is -2.19. The molecule has 0 fully saturated rings. The lowest BCUT2D eigenvalue weighted by molar-refractivity contribution is -0.118. The maximum Gasteiger partial charge on any atom is 0.250 e. The minimum atomic E-state index is -0.295. The van der Waals surface area contributed by atoms with Gasteiger partial charge in [-0.3, -0.25) is 9.36 Å². The third kappa shape index (κ3) is 6.75. The number of hydrazone groups is 1. The maximum atomic E-state index is 12.5. The highest BCUT2D eigenvalue weighted by Gasteiger charge is 2.19. The van der Waals surface area contributed by atoms with E-state index in [4.69, 9.17) is 27.9 Å². The molecule has 4 rings (SSSR count). The maximum absolute atomic E-state index is 12.5. The van der Waals surface area contributed by atoms with Gasteiger partial charge in [0.05, 0.1) is 24.1 Å². The number of ether oxygens (including phenoxy) is 1. The number of methoxy groups -OCH3 is 1. The van der Waals surface area contributed by atoms with Gasteiger partial charge in [-0.1, -0.05) is 86.1 Å². The van der Waals surface area contributed by atoms with Crippen LogP contribution in [0.5, 0.6) is 5.75 Å². The molecule has 0 aliphatic heterocycles. The molecular weight excluding hydrogens is 541 g/mol. The second-order valence-electron chi connectivity index (χ2n) is 9.41. The normalized spacial score (nSPS) is 11.6. The zero-order valence-electron chi connectivity index (χ0n) is 21.4. The number of amides is 1. The molecule has 1 amide bonds. The van der Waals surface area contributed by atoms with Crippen LogP contribution in [0.15, 0.2) is 77.0 Å². The van der Waals surface area contributed by atoms with Crippen molar-refractivity contribution in [2.24, 2.45) is 5.10 Å². The van der Waals surface area contributed by atoms with Crippen LogP contribution >= 0.6 is 35.0 Å². The molecule has 0 saturated heterocycles. The van der Waals surface area contributed by atoms with Crippen molar-refractivity contribution in [1.29, 1.82) is 0 Å². The Morgan fingerprint density at radius 3 is 2.39 bits per heavy atom. The Morgan fingerprint density at radius 2 is 1.76 bits per heavy atom. The van der Waals surface area contributed by atoms with E-state index in [9.17, 15) is 4.79 Å². The highest BCUT2D eigenvalue weighted by atomic mass is 35.5. The van der Waals surface area contributed by atoms with E-state index < -0.39 is 0 Å². The fourth-order valence-corrected chi connectivity index (χ4v) is 4.78. The SMILES string of the molecule is COc1ccc(-n2c(SCC(=O)N/N=C\c3ccc(Cl)cc3Cl)nnc2-c2ccc(C(C)(C)C)cc2)cc1. The molecule has 0 saturated carbocycles. The van der Waals surface area contributed by atoms with Gasteiger partial charge in [-0.25, -0.2) is 5.43 Å². The summed E-state index contributed by atoms with van der Waals surface area (Å²) in [5.74, 6) is 1.21. The van der Waals surface area contributed by atoms with Gasteiger partial charge in [0.1, 0.15) is 5.75 Å². The van der Waals surface area contributed by atoms with Crippen LogP contribution in [-0.4, -0.2) is 39.7 Å². The minimum Gasteiger partial charge on any atom is -0.497 e. The van der Waals surface area contributed by atoms with Crippen LogP contribution in [0.1, 0.15) is 31.9 Å². The first-order valence-electron chi connectivity index (χ1n) is 11.8. The summed E-state index contributed by atoms with van der Waals surface area (Å²) in [6.07, 6.45) is 1.47. The van der Waals surface area contributed by atoms with Crippen LogP contribution in [0.25, 0.3) is 17.1 Å². The smallest absolute Gasteiger partial charge is 0.250 e. The quantitative estimate of drug-likeness (QED) is 0.144.